The van der Waals surface area contributed by atoms with E-state index >= 15 is 0 Å². The van der Waals surface area contributed by atoms with Gasteiger partial charge in [-0.05, 0) is 54.6 Å². The minimum atomic E-state index is -3.88. The molecule has 0 radical (unpaired) electrons. The van der Waals surface area contributed by atoms with Gasteiger partial charge in [0.25, 0.3) is 15.9 Å². The molecule has 4 rings (SSSR count). The standard InChI is InChI=1S/C22H18ClFN2O5S/c23-14-2-8-18(19(24)12-14)22(27)25-15-3-5-16(6-4-15)26-32(28,29)17-7-9-20-21(13-17)31-11-1-10-30-20/h2-9,12-13,26H,1,10-11H2,(H,25,27). The van der Waals surface area contributed by atoms with Gasteiger partial charge in [0.1, 0.15) is 5.82 Å². The van der Waals surface area contributed by atoms with Crippen molar-refractivity contribution in [3.05, 3.63) is 77.1 Å². The third-order valence-corrected chi connectivity index (χ3v) is 6.21. The lowest BCUT2D eigenvalue weighted by molar-refractivity contribution is 0.102. The third kappa shape index (κ3) is 4.95. The molecule has 0 saturated heterocycles. The quantitative estimate of drug-likeness (QED) is 0.557. The Morgan fingerprint density at radius 2 is 1.59 bits per heavy atom. The molecule has 1 amide bonds. The second kappa shape index (κ2) is 9.05. The average Bonchev–Trinajstić information content (AvgIpc) is 3.00. The number of hydrogen-bond donors (Lipinski definition) is 2. The molecule has 0 bridgehead atoms. The summed E-state index contributed by atoms with van der Waals surface area (Å²) in [5, 5.41) is 2.74. The highest BCUT2D eigenvalue weighted by molar-refractivity contribution is 7.92. The van der Waals surface area contributed by atoms with Crippen molar-refractivity contribution >= 4 is 38.9 Å². The Labute approximate surface area is 189 Å². The van der Waals surface area contributed by atoms with Gasteiger partial charge in [-0.3, -0.25) is 9.52 Å². The number of fused-ring (bicyclic) bond motifs is 1. The predicted molar refractivity (Wildman–Crippen MR) is 119 cm³/mol. The topological polar surface area (TPSA) is 93.7 Å². The SMILES string of the molecule is O=C(Nc1ccc(NS(=O)(=O)c2ccc3c(c2)OCCCO3)cc1)c1ccc(Cl)cc1F. The molecule has 3 aromatic carbocycles. The Morgan fingerprint density at radius 3 is 2.31 bits per heavy atom. The third-order valence-electron chi connectivity index (χ3n) is 4.60. The first-order valence-electron chi connectivity index (χ1n) is 9.61. The summed E-state index contributed by atoms with van der Waals surface area (Å²) in [6.45, 7) is 0.946. The van der Waals surface area contributed by atoms with Gasteiger partial charge in [0.2, 0.25) is 0 Å². The summed E-state index contributed by atoms with van der Waals surface area (Å²) >= 11 is 5.70. The van der Waals surface area contributed by atoms with Crippen molar-refractivity contribution in [3.8, 4) is 11.5 Å². The van der Waals surface area contributed by atoms with Crippen LogP contribution in [0.1, 0.15) is 16.8 Å². The van der Waals surface area contributed by atoms with Gasteiger partial charge in [-0.2, -0.15) is 0 Å². The summed E-state index contributed by atoms with van der Waals surface area (Å²) in [5.74, 6) is -0.522. The van der Waals surface area contributed by atoms with Crippen LogP contribution in [0.2, 0.25) is 5.02 Å². The maximum Gasteiger partial charge on any atom is 0.262 e. The van der Waals surface area contributed by atoms with Crippen LogP contribution in [0.25, 0.3) is 0 Å². The number of rotatable bonds is 5. The summed E-state index contributed by atoms with van der Waals surface area (Å²) in [6.07, 6.45) is 0.711. The van der Waals surface area contributed by atoms with Crippen molar-refractivity contribution in [1.82, 2.24) is 0 Å². The summed E-state index contributed by atoms with van der Waals surface area (Å²) in [4.78, 5) is 12.3. The molecule has 1 aliphatic rings. The fourth-order valence-electron chi connectivity index (χ4n) is 3.02. The van der Waals surface area contributed by atoms with Crippen LogP contribution in [0.3, 0.4) is 0 Å². The number of nitrogens with one attached hydrogen (secondary N) is 2. The normalized spacial score (nSPS) is 13.2. The number of benzene rings is 3. The molecule has 1 heterocycles. The van der Waals surface area contributed by atoms with Crippen LogP contribution < -0.4 is 19.5 Å². The van der Waals surface area contributed by atoms with Crippen LogP contribution >= 0.6 is 11.6 Å². The summed E-state index contributed by atoms with van der Waals surface area (Å²) < 4.78 is 53.0. The number of ether oxygens (including phenoxy) is 2. The van der Waals surface area contributed by atoms with E-state index in [4.69, 9.17) is 21.1 Å². The van der Waals surface area contributed by atoms with Gasteiger partial charge in [0, 0.05) is 28.9 Å². The van der Waals surface area contributed by atoms with Gasteiger partial charge in [-0.1, -0.05) is 11.6 Å². The van der Waals surface area contributed by atoms with E-state index in [0.29, 0.717) is 36.8 Å². The lowest BCUT2D eigenvalue weighted by Gasteiger charge is -2.12. The van der Waals surface area contributed by atoms with Gasteiger partial charge < -0.3 is 14.8 Å². The molecule has 0 unspecified atom stereocenters. The van der Waals surface area contributed by atoms with Gasteiger partial charge >= 0.3 is 0 Å². The zero-order chi connectivity index (χ0) is 22.7. The minimum Gasteiger partial charge on any atom is -0.490 e. The largest absolute Gasteiger partial charge is 0.490 e. The number of hydrogen-bond acceptors (Lipinski definition) is 5. The van der Waals surface area contributed by atoms with E-state index in [0.717, 1.165) is 6.07 Å². The highest BCUT2D eigenvalue weighted by Gasteiger charge is 2.19. The van der Waals surface area contributed by atoms with Crippen molar-refractivity contribution < 1.29 is 27.1 Å². The molecule has 7 nitrogen and oxygen atoms in total. The number of anilines is 2. The lowest BCUT2D eigenvalue weighted by Crippen LogP contribution is -2.14. The molecule has 0 fully saturated rings. The Kier molecular flexibility index (Phi) is 6.20. The van der Waals surface area contributed by atoms with Crippen LogP contribution in [0.5, 0.6) is 11.5 Å². The van der Waals surface area contributed by atoms with Gasteiger partial charge in [0.15, 0.2) is 11.5 Å². The second-order valence-corrected chi connectivity index (χ2v) is 9.04. The second-order valence-electron chi connectivity index (χ2n) is 6.92. The summed E-state index contributed by atoms with van der Waals surface area (Å²) in [5.41, 5.74) is 0.490. The summed E-state index contributed by atoms with van der Waals surface area (Å²) in [7, 11) is -3.88. The zero-order valence-electron chi connectivity index (χ0n) is 16.6. The highest BCUT2D eigenvalue weighted by Crippen LogP contribution is 2.32. The predicted octanol–water partition coefficient (Wildman–Crippen LogP) is 4.69. The zero-order valence-corrected chi connectivity index (χ0v) is 18.2. The molecule has 0 atom stereocenters. The molecule has 0 aromatic heterocycles. The Balaban J connectivity index is 1.46. The Hall–Kier alpha value is -3.30. The first kappa shape index (κ1) is 21.9. The molecule has 32 heavy (non-hydrogen) atoms. The minimum absolute atomic E-state index is 0.0253. The monoisotopic (exact) mass is 476 g/mol. The molecule has 166 valence electrons. The maximum atomic E-state index is 13.9. The van der Waals surface area contributed by atoms with Crippen molar-refractivity contribution in [2.45, 2.75) is 11.3 Å². The van der Waals surface area contributed by atoms with E-state index in [9.17, 15) is 17.6 Å². The highest BCUT2D eigenvalue weighted by atomic mass is 35.5. The van der Waals surface area contributed by atoms with E-state index < -0.39 is 21.7 Å². The molecule has 1 aliphatic heterocycles. The van der Waals surface area contributed by atoms with Gasteiger partial charge in [0.05, 0.1) is 23.7 Å². The fraction of sp³-hybridized carbons (Fsp3) is 0.136. The number of carbonyl (C=O) groups is 1. The molecular formula is C22H18ClFN2O5S. The number of amides is 1. The van der Waals surface area contributed by atoms with Crippen molar-refractivity contribution in [2.75, 3.05) is 23.3 Å². The van der Waals surface area contributed by atoms with Gasteiger partial charge in [-0.25, -0.2) is 12.8 Å². The van der Waals surface area contributed by atoms with E-state index in [-0.39, 0.29) is 21.2 Å². The van der Waals surface area contributed by atoms with Crippen LogP contribution in [-0.4, -0.2) is 27.5 Å². The van der Waals surface area contributed by atoms with Crippen LogP contribution in [0.4, 0.5) is 15.8 Å². The number of halogens is 2. The summed E-state index contributed by atoms with van der Waals surface area (Å²) in [6, 6.07) is 14.1. The molecule has 2 N–H and O–H groups in total. The first-order valence-corrected chi connectivity index (χ1v) is 11.5. The van der Waals surface area contributed by atoms with Crippen molar-refractivity contribution in [1.29, 1.82) is 0 Å². The molecular weight excluding hydrogens is 459 g/mol. The molecule has 0 saturated carbocycles. The van der Waals surface area contributed by atoms with Crippen molar-refractivity contribution in [2.24, 2.45) is 0 Å². The van der Waals surface area contributed by atoms with Gasteiger partial charge in [-0.15, -0.1) is 0 Å². The van der Waals surface area contributed by atoms with Crippen molar-refractivity contribution in [3.63, 3.8) is 0 Å². The van der Waals surface area contributed by atoms with Crippen LogP contribution in [-0.2, 0) is 10.0 Å². The molecule has 3 aromatic rings. The Morgan fingerprint density at radius 1 is 0.906 bits per heavy atom. The molecule has 0 spiro atoms. The van der Waals surface area contributed by atoms with Crippen LogP contribution in [0, 0.1) is 5.82 Å². The number of carbonyl (C=O) groups excluding carboxylic acids is 1. The van der Waals surface area contributed by atoms with E-state index in [1.165, 1.54) is 48.5 Å². The average molecular weight is 477 g/mol. The molecule has 0 aliphatic carbocycles. The molecule has 10 heteroatoms. The number of sulfonamides is 1. The smallest absolute Gasteiger partial charge is 0.262 e. The van der Waals surface area contributed by atoms with Crippen LogP contribution in [0.15, 0.2) is 65.6 Å². The van der Waals surface area contributed by atoms with E-state index in [2.05, 4.69) is 10.0 Å². The van der Waals surface area contributed by atoms with E-state index in [1.54, 1.807) is 6.07 Å². The Bertz CT molecular complexity index is 1270. The maximum absolute atomic E-state index is 13.9. The fourth-order valence-corrected chi connectivity index (χ4v) is 4.25. The van der Waals surface area contributed by atoms with E-state index in [1.807, 2.05) is 0 Å². The first-order chi connectivity index (χ1) is 15.3. The lowest BCUT2D eigenvalue weighted by atomic mass is 10.2.